The summed E-state index contributed by atoms with van der Waals surface area (Å²) in [6.07, 6.45) is 6.70. The molecule has 2 aliphatic rings. The minimum atomic E-state index is 0.985. The van der Waals surface area contributed by atoms with Crippen molar-refractivity contribution < 1.29 is 0 Å². The van der Waals surface area contributed by atoms with E-state index in [9.17, 15) is 0 Å². The molecule has 4 rings (SSSR count). The number of hydrogen-bond acceptors (Lipinski definition) is 0. The Morgan fingerprint density at radius 1 is 0.938 bits per heavy atom. The van der Waals surface area contributed by atoms with Crippen molar-refractivity contribution in [3.8, 4) is 0 Å². The minimum absolute atomic E-state index is 0.985. The lowest BCUT2D eigenvalue weighted by Crippen LogP contribution is -1.90. The van der Waals surface area contributed by atoms with Crippen LogP contribution in [0.2, 0.25) is 0 Å². The van der Waals surface area contributed by atoms with Crippen molar-refractivity contribution in [2.24, 2.45) is 5.92 Å². The summed E-state index contributed by atoms with van der Waals surface area (Å²) in [6.45, 7) is 0. The van der Waals surface area contributed by atoms with Crippen molar-refractivity contribution in [3.63, 3.8) is 0 Å². The van der Waals surface area contributed by atoms with Gasteiger partial charge in [0, 0.05) is 0 Å². The van der Waals surface area contributed by atoms with Gasteiger partial charge in [-0.2, -0.15) is 0 Å². The maximum atomic E-state index is 2.38. The summed E-state index contributed by atoms with van der Waals surface area (Å²) in [5.74, 6) is 0.985. The van der Waals surface area contributed by atoms with Gasteiger partial charge >= 0.3 is 0 Å². The SMILES string of the molecule is c1cc2c3c(ccc(CC4CC4)c3c1)CC2. The van der Waals surface area contributed by atoms with E-state index >= 15 is 0 Å². The standard InChI is InChI=1S/C16H16/c1-2-12-6-7-13-8-9-14(10-11-4-5-11)15(3-1)16(12)13/h1-3,8-9,11H,4-7,10H2. The lowest BCUT2D eigenvalue weighted by atomic mass is 9.97. The zero-order valence-corrected chi connectivity index (χ0v) is 9.50. The van der Waals surface area contributed by atoms with Crippen LogP contribution in [0.15, 0.2) is 30.3 Å². The van der Waals surface area contributed by atoms with Crippen molar-refractivity contribution in [2.75, 3.05) is 0 Å². The van der Waals surface area contributed by atoms with Gasteiger partial charge in [0.25, 0.3) is 0 Å². The third kappa shape index (κ3) is 1.22. The molecule has 2 aromatic rings. The Labute approximate surface area is 96.3 Å². The van der Waals surface area contributed by atoms with E-state index in [0.717, 1.165) is 5.92 Å². The van der Waals surface area contributed by atoms with Crippen LogP contribution in [-0.2, 0) is 19.3 Å². The average Bonchev–Trinajstić information content (AvgIpc) is 3.03. The molecule has 0 aliphatic heterocycles. The Morgan fingerprint density at radius 3 is 2.56 bits per heavy atom. The third-order valence-corrected chi connectivity index (χ3v) is 4.17. The lowest BCUT2D eigenvalue weighted by molar-refractivity contribution is 0.838. The quantitative estimate of drug-likeness (QED) is 0.702. The van der Waals surface area contributed by atoms with Gasteiger partial charge in [-0.1, -0.05) is 30.3 Å². The molecule has 0 amide bonds. The van der Waals surface area contributed by atoms with E-state index in [0.29, 0.717) is 0 Å². The zero-order valence-electron chi connectivity index (χ0n) is 9.50. The fraction of sp³-hybridized carbons (Fsp3) is 0.375. The van der Waals surface area contributed by atoms with Gasteiger partial charge in [-0.3, -0.25) is 0 Å². The Bertz CT molecular complexity index is 551. The molecule has 0 atom stereocenters. The predicted octanol–water partition coefficient (Wildman–Crippen LogP) is 3.89. The lowest BCUT2D eigenvalue weighted by Gasteiger charge is -2.08. The molecule has 2 aliphatic carbocycles. The summed E-state index contributed by atoms with van der Waals surface area (Å²) in [6, 6.07) is 11.6. The monoisotopic (exact) mass is 208 g/mol. The Kier molecular flexibility index (Phi) is 1.71. The molecule has 0 saturated heterocycles. The second kappa shape index (κ2) is 3.10. The number of aryl methyl sites for hydroxylation is 2. The summed E-state index contributed by atoms with van der Waals surface area (Å²) in [5.41, 5.74) is 4.74. The highest BCUT2D eigenvalue weighted by Crippen LogP contribution is 2.37. The first-order valence-corrected chi connectivity index (χ1v) is 6.44. The Morgan fingerprint density at radius 2 is 1.75 bits per heavy atom. The molecule has 0 aromatic heterocycles. The van der Waals surface area contributed by atoms with Gasteiger partial charge in [-0.05, 0) is 65.5 Å². The molecule has 0 spiro atoms. The summed E-state index contributed by atoms with van der Waals surface area (Å²) >= 11 is 0. The van der Waals surface area contributed by atoms with E-state index < -0.39 is 0 Å². The van der Waals surface area contributed by atoms with Gasteiger partial charge in [-0.25, -0.2) is 0 Å². The molecule has 0 nitrogen and oxygen atoms in total. The summed E-state index contributed by atoms with van der Waals surface area (Å²) in [7, 11) is 0. The predicted molar refractivity (Wildman–Crippen MR) is 67.8 cm³/mol. The fourth-order valence-electron chi connectivity index (χ4n) is 3.12. The van der Waals surface area contributed by atoms with Gasteiger partial charge in [-0.15, -0.1) is 0 Å². The molecule has 1 saturated carbocycles. The van der Waals surface area contributed by atoms with Crippen molar-refractivity contribution in [1.29, 1.82) is 0 Å². The maximum absolute atomic E-state index is 2.38. The van der Waals surface area contributed by atoms with Crippen LogP contribution in [0.25, 0.3) is 10.8 Å². The molecule has 0 heteroatoms. The molecule has 0 bridgehead atoms. The smallest absolute Gasteiger partial charge is 0.0117 e. The van der Waals surface area contributed by atoms with Crippen molar-refractivity contribution in [1.82, 2.24) is 0 Å². The number of hydrogen-bond donors (Lipinski definition) is 0. The second-order valence-electron chi connectivity index (χ2n) is 5.37. The molecular weight excluding hydrogens is 192 g/mol. The molecule has 0 N–H and O–H groups in total. The highest BCUT2D eigenvalue weighted by atomic mass is 14.3. The van der Waals surface area contributed by atoms with Crippen LogP contribution in [0.3, 0.4) is 0 Å². The topological polar surface area (TPSA) is 0 Å². The van der Waals surface area contributed by atoms with E-state index in [4.69, 9.17) is 0 Å². The molecule has 0 unspecified atom stereocenters. The molecular formula is C16H16. The number of rotatable bonds is 2. The zero-order chi connectivity index (χ0) is 10.5. The maximum Gasteiger partial charge on any atom is -0.0117 e. The van der Waals surface area contributed by atoms with Crippen LogP contribution in [0.4, 0.5) is 0 Å². The van der Waals surface area contributed by atoms with E-state index in [-0.39, 0.29) is 0 Å². The molecule has 1 fully saturated rings. The van der Waals surface area contributed by atoms with Gasteiger partial charge in [0.1, 0.15) is 0 Å². The first kappa shape index (κ1) is 8.81. The first-order chi connectivity index (χ1) is 7.92. The summed E-state index contributed by atoms with van der Waals surface area (Å²) in [5, 5.41) is 3.13. The van der Waals surface area contributed by atoms with Gasteiger partial charge in [0.05, 0.1) is 0 Å². The van der Waals surface area contributed by atoms with E-state index in [1.54, 1.807) is 27.5 Å². The number of benzene rings is 2. The van der Waals surface area contributed by atoms with Crippen molar-refractivity contribution in [3.05, 3.63) is 47.0 Å². The van der Waals surface area contributed by atoms with Gasteiger partial charge < -0.3 is 0 Å². The first-order valence-electron chi connectivity index (χ1n) is 6.44. The molecule has 0 heterocycles. The Balaban J connectivity index is 1.97. The second-order valence-corrected chi connectivity index (χ2v) is 5.37. The van der Waals surface area contributed by atoms with Crippen molar-refractivity contribution in [2.45, 2.75) is 32.1 Å². The van der Waals surface area contributed by atoms with Gasteiger partial charge in [0.15, 0.2) is 0 Å². The van der Waals surface area contributed by atoms with Crippen LogP contribution < -0.4 is 0 Å². The average molecular weight is 208 g/mol. The summed E-state index contributed by atoms with van der Waals surface area (Å²) < 4.78 is 0. The van der Waals surface area contributed by atoms with Crippen LogP contribution >= 0.6 is 0 Å². The highest BCUT2D eigenvalue weighted by Gasteiger charge is 2.23. The molecule has 16 heavy (non-hydrogen) atoms. The summed E-state index contributed by atoms with van der Waals surface area (Å²) in [4.78, 5) is 0. The molecule has 0 radical (unpaired) electrons. The van der Waals surface area contributed by atoms with Crippen molar-refractivity contribution >= 4 is 10.8 Å². The van der Waals surface area contributed by atoms with Crippen LogP contribution in [0.5, 0.6) is 0 Å². The minimum Gasteiger partial charge on any atom is -0.0613 e. The highest BCUT2D eigenvalue weighted by molar-refractivity contribution is 5.93. The Hall–Kier alpha value is -1.30. The van der Waals surface area contributed by atoms with Crippen LogP contribution in [-0.4, -0.2) is 0 Å². The van der Waals surface area contributed by atoms with E-state index in [2.05, 4.69) is 30.3 Å². The third-order valence-electron chi connectivity index (χ3n) is 4.17. The normalized spacial score (nSPS) is 18.2. The van der Waals surface area contributed by atoms with E-state index in [1.165, 1.54) is 32.1 Å². The van der Waals surface area contributed by atoms with Crippen LogP contribution in [0, 0.1) is 5.92 Å². The van der Waals surface area contributed by atoms with Crippen LogP contribution in [0.1, 0.15) is 29.5 Å². The van der Waals surface area contributed by atoms with E-state index in [1.807, 2.05) is 0 Å². The van der Waals surface area contributed by atoms with Gasteiger partial charge in [0.2, 0.25) is 0 Å². The molecule has 80 valence electrons. The largest absolute Gasteiger partial charge is 0.0613 e. The molecule has 2 aromatic carbocycles. The fourth-order valence-corrected chi connectivity index (χ4v) is 3.12.